The third-order valence-corrected chi connectivity index (χ3v) is 6.18. The van der Waals surface area contributed by atoms with Gasteiger partial charge in [0.1, 0.15) is 5.82 Å². The molecule has 0 radical (unpaired) electrons. The Morgan fingerprint density at radius 3 is 3.17 bits per heavy atom. The summed E-state index contributed by atoms with van der Waals surface area (Å²) in [5.74, 6) is 2.80. The summed E-state index contributed by atoms with van der Waals surface area (Å²) in [5.41, 5.74) is 1.38. The Labute approximate surface area is 140 Å². The van der Waals surface area contributed by atoms with Gasteiger partial charge in [-0.25, -0.2) is 0 Å². The average Bonchev–Trinajstić information content (AvgIpc) is 3.22. The molecule has 0 unspecified atom stereocenters. The van der Waals surface area contributed by atoms with Crippen molar-refractivity contribution in [2.75, 3.05) is 7.05 Å². The van der Waals surface area contributed by atoms with E-state index in [9.17, 15) is 4.79 Å². The second-order valence-electron chi connectivity index (χ2n) is 6.86. The van der Waals surface area contributed by atoms with Gasteiger partial charge in [0.05, 0.1) is 11.4 Å². The molecule has 0 aromatic carbocycles. The Morgan fingerprint density at radius 2 is 2.30 bits per heavy atom. The fourth-order valence-corrected chi connectivity index (χ4v) is 4.81. The van der Waals surface area contributed by atoms with Crippen molar-refractivity contribution in [2.45, 2.75) is 52.1 Å². The lowest BCUT2D eigenvalue weighted by Gasteiger charge is -2.16. The van der Waals surface area contributed by atoms with E-state index < -0.39 is 0 Å². The quantitative estimate of drug-likeness (QED) is 0.869. The molecule has 0 N–H and O–H groups in total. The van der Waals surface area contributed by atoms with Gasteiger partial charge in [0.15, 0.2) is 5.82 Å². The first-order valence-corrected chi connectivity index (χ1v) is 9.21. The fraction of sp³-hybridized carbons (Fsp3) is 0.588. The van der Waals surface area contributed by atoms with E-state index in [1.165, 1.54) is 16.9 Å². The number of aryl methyl sites for hydroxylation is 2. The summed E-state index contributed by atoms with van der Waals surface area (Å²) in [4.78, 5) is 16.8. The lowest BCUT2D eigenvalue weighted by atomic mass is 9.90. The third kappa shape index (κ3) is 2.69. The largest absolute Gasteiger partial charge is 0.333 e. The summed E-state index contributed by atoms with van der Waals surface area (Å²) < 4.78 is 2.16. The SMILES string of the molecule is C[C@@H]1CCc2sc(C(=O)N(C)Cc3nnc4n3CCC4)cc2C1. The second-order valence-corrected chi connectivity index (χ2v) is 7.99. The predicted octanol–water partition coefficient (Wildman–Crippen LogP) is 2.68. The van der Waals surface area contributed by atoms with Crippen LogP contribution in [0.5, 0.6) is 0 Å². The Morgan fingerprint density at radius 1 is 1.43 bits per heavy atom. The molecule has 0 saturated carbocycles. The number of amides is 1. The van der Waals surface area contributed by atoms with Crippen molar-refractivity contribution in [3.05, 3.63) is 33.0 Å². The molecule has 2 aliphatic rings. The van der Waals surface area contributed by atoms with E-state index >= 15 is 0 Å². The Balaban J connectivity index is 1.50. The summed E-state index contributed by atoms with van der Waals surface area (Å²) in [6.07, 6.45) is 5.60. The number of fused-ring (bicyclic) bond motifs is 2. The zero-order chi connectivity index (χ0) is 16.0. The minimum atomic E-state index is 0.104. The molecule has 5 nitrogen and oxygen atoms in total. The molecule has 2 aromatic heterocycles. The predicted molar refractivity (Wildman–Crippen MR) is 89.6 cm³/mol. The maximum Gasteiger partial charge on any atom is 0.264 e. The van der Waals surface area contributed by atoms with Gasteiger partial charge < -0.3 is 9.47 Å². The van der Waals surface area contributed by atoms with Crippen LogP contribution >= 0.6 is 11.3 Å². The molecule has 0 bridgehead atoms. The Bertz CT molecular complexity index is 748. The van der Waals surface area contributed by atoms with Crippen LogP contribution in [0, 0.1) is 5.92 Å². The maximum atomic E-state index is 12.7. The van der Waals surface area contributed by atoms with Crippen LogP contribution in [0.1, 0.15) is 51.5 Å². The number of carbonyl (C=O) groups excluding carboxylic acids is 1. The number of thiophene rings is 1. The van der Waals surface area contributed by atoms with Crippen LogP contribution < -0.4 is 0 Å². The third-order valence-electron chi connectivity index (χ3n) is 4.95. The Hall–Kier alpha value is -1.69. The summed E-state index contributed by atoms with van der Waals surface area (Å²) in [6.45, 7) is 3.80. The van der Waals surface area contributed by atoms with Gasteiger partial charge in [0.25, 0.3) is 5.91 Å². The number of rotatable bonds is 3. The molecular weight excluding hydrogens is 308 g/mol. The van der Waals surface area contributed by atoms with Crippen molar-refractivity contribution in [3.8, 4) is 0 Å². The smallest absolute Gasteiger partial charge is 0.264 e. The minimum absolute atomic E-state index is 0.104. The lowest BCUT2D eigenvalue weighted by molar-refractivity contribution is 0.0784. The lowest BCUT2D eigenvalue weighted by Crippen LogP contribution is -2.27. The standard InChI is InChI=1S/C17H22N4OS/c1-11-5-6-13-12(8-11)9-14(23-13)17(22)20(2)10-16-19-18-15-4-3-7-21(15)16/h9,11H,3-8,10H2,1-2H3/t11-/m1/s1. The van der Waals surface area contributed by atoms with Crippen LogP contribution in [-0.4, -0.2) is 32.6 Å². The number of carbonyl (C=O) groups is 1. The van der Waals surface area contributed by atoms with Crippen LogP contribution in [-0.2, 0) is 32.4 Å². The molecular formula is C17H22N4OS. The van der Waals surface area contributed by atoms with Crippen LogP contribution in [0.3, 0.4) is 0 Å². The molecule has 1 aliphatic heterocycles. The van der Waals surface area contributed by atoms with Crippen LogP contribution in [0.2, 0.25) is 0 Å². The number of hydrogen-bond donors (Lipinski definition) is 0. The minimum Gasteiger partial charge on any atom is -0.333 e. The average molecular weight is 330 g/mol. The molecule has 1 amide bonds. The van der Waals surface area contributed by atoms with Crippen molar-refractivity contribution >= 4 is 17.2 Å². The molecule has 0 fully saturated rings. The first-order valence-electron chi connectivity index (χ1n) is 8.40. The molecule has 6 heteroatoms. The van der Waals surface area contributed by atoms with E-state index in [4.69, 9.17) is 0 Å². The number of aromatic nitrogens is 3. The number of hydrogen-bond acceptors (Lipinski definition) is 4. The molecule has 0 spiro atoms. The first kappa shape index (κ1) is 14.9. The van der Waals surface area contributed by atoms with Crippen LogP contribution in [0.15, 0.2) is 6.07 Å². The zero-order valence-electron chi connectivity index (χ0n) is 13.7. The second kappa shape index (κ2) is 5.74. The van der Waals surface area contributed by atoms with E-state index in [1.807, 2.05) is 7.05 Å². The molecule has 0 saturated heterocycles. The maximum absolute atomic E-state index is 12.7. The van der Waals surface area contributed by atoms with E-state index in [-0.39, 0.29) is 5.91 Å². The number of nitrogens with zero attached hydrogens (tertiary/aromatic N) is 4. The summed E-state index contributed by atoms with van der Waals surface area (Å²) >= 11 is 1.68. The van der Waals surface area contributed by atoms with Crippen molar-refractivity contribution in [1.29, 1.82) is 0 Å². The molecule has 3 heterocycles. The highest BCUT2D eigenvalue weighted by atomic mass is 32.1. The highest BCUT2D eigenvalue weighted by Crippen LogP contribution is 2.32. The summed E-state index contributed by atoms with van der Waals surface area (Å²) in [7, 11) is 1.86. The molecule has 1 atom stereocenters. The van der Waals surface area contributed by atoms with Gasteiger partial charge in [-0.3, -0.25) is 4.79 Å². The summed E-state index contributed by atoms with van der Waals surface area (Å²) in [6, 6.07) is 2.11. The molecule has 23 heavy (non-hydrogen) atoms. The van der Waals surface area contributed by atoms with Crippen LogP contribution in [0.4, 0.5) is 0 Å². The van der Waals surface area contributed by atoms with E-state index in [2.05, 4.69) is 27.8 Å². The Kier molecular flexibility index (Phi) is 3.71. The highest BCUT2D eigenvalue weighted by Gasteiger charge is 2.24. The normalized spacial score (nSPS) is 19.5. The van der Waals surface area contributed by atoms with Crippen molar-refractivity contribution < 1.29 is 4.79 Å². The van der Waals surface area contributed by atoms with Gasteiger partial charge in [-0.2, -0.15) is 0 Å². The van der Waals surface area contributed by atoms with Crippen molar-refractivity contribution in [1.82, 2.24) is 19.7 Å². The molecule has 2 aromatic rings. The van der Waals surface area contributed by atoms with Gasteiger partial charge in [-0.15, -0.1) is 21.5 Å². The van der Waals surface area contributed by atoms with E-state index in [1.54, 1.807) is 16.2 Å². The van der Waals surface area contributed by atoms with Crippen molar-refractivity contribution in [2.24, 2.45) is 5.92 Å². The molecule has 1 aliphatic carbocycles. The van der Waals surface area contributed by atoms with Gasteiger partial charge in [0.2, 0.25) is 0 Å². The first-order chi connectivity index (χ1) is 11.1. The highest BCUT2D eigenvalue weighted by molar-refractivity contribution is 7.14. The monoisotopic (exact) mass is 330 g/mol. The van der Waals surface area contributed by atoms with Crippen molar-refractivity contribution in [3.63, 3.8) is 0 Å². The van der Waals surface area contributed by atoms with Crippen LogP contribution in [0.25, 0.3) is 0 Å². The van der Waals surface area contributed by atoms with E-state index in [0.717, 1.165) is 54.7 Å². The zero-order valence-corrected chi connectivity index (χ0v) is 14.5. The topological polar surface area (TPSA) is 51.0 Å². The fourth-order valence-electron chi connectivity index (χ4n) is 3.61. The molecule has 122 valence electrons. The van der Waals surface area contributed by atoms with Gasteiger partial charge in [-0.1, -0.05) is 6.92 Å². The molecule has 4 rings (SSSR count). The van der Waals surface area contributed by atoms with Gasteiger partial charge in [-0.05, 0) is 43.2 Å². The van der Waals surface area contributed by atoms with E-state index in [0.29, 0.717) is 6.54 Å². The summed E-state index contributed by atoms with van der Waals surface area (Å²) in [5, 5.41) is 8.47. The van der Waals surface area contributed by atoms with Gasteiger partial charge >= 0.3 is 0 Å². The van der Waals surface area contributed by atoms with Gasteiger partial charge in [0, 0.05) is 24.9 Å².